The fraction of sp³-hybridized carbons (Fsp3) is 0.350. The highest BCUT2D eigenvalue weighted by Crippen LogP contribution is 2.39. The minimum absolute atomic E-state index is 0.164. The summed E-state index contributed by atoms with van der Waals surface area (Å²) in [4.78, 5) is 25.2. The van der Waals surface area contributed by atoms with Crippen LogP contribution < -0.4 is 5.32 Å². The number of amides is 1. The third-order valence-corrected chi connectivity index (χ3v) is 5.94. The predicted octanol–water partition coefficient (Wildman–Crippen LogP) is 3.94. The van der Waals surface area contributed by atoms with Gasteiger partial charge in [0.1, 0.15) is 11.1 Å². The number of fused-ring (bicyclic) bond motifs is 1. The molecule has 0 fully saturated rings. The lowest BCUT2D eigenvalue weighted by Crippen LogP contribution is -2.20. The molecule has 0 radical (unpaired) electrons. The number of nitrogens with one attached hydrogen (secondary N) is 1. The van der Waals surface area contributed by atoms with E-state index < -0.39 is 11.9 Å². The van der Waals surface area contributed by atoms with Crippen molar-refractivity contribution in [3.63, 3.8) is 0 Å². The molecule has 2 N–H and O–H groups in total. The molecule has 3 rings (SSSR count). The maximum absolute atomic E-state index is 12.5. The lowest BCUT2D eigenvalue weighted by atomic mass is 9.88. The van der Waals surface area contributed by atoms with Crippen LogP contribution in [-0.4, -0.2) is 17.0 Å². The van der Waals surface area contributed by atoms with Gasteiger partial charge in [-0.1, -0.05) is 37.3 Å². The molecular formula is C20H20N2O3S. The summed E-state index contributed by atoms with van der Waals surface area (Å²) in [6, 6.07) is 10.9. The van der Waals surface area contributed by atoms with Crippen LogP contribution in [0, 0.1) is 17.2 Å². The van der Waals surface area contributed by atoms with E-state index in [0.29, 0.717) is 22.0 Å². The molecule has 5 nitrogen and oxygen atoms in total. The van der Waals surface area contributed by atoms with Gasteiger partial charge >= 0.3 is 5.97 Å². The van der Waals surface area contributed by atoms with Crippen LogP contribution in [0.2, 0.25) is 0 Å². The second kappa shape index (κ2) is 7.71. The summed E-state index contributed by atoms with van der Waals surface area (Å²) in [7, 11) is 0. The number of benzene rings is 1. The zero-order valence-corrected chi connectivity index (χ0v) is 15.3. The molecule has 0 saturated carbocycles. The zero-order valence-electron chi connectivity index (χ0n) is 14.5. The first-order chi connectivity index (χ1) is 12.5. The number of carbonyl (C=O) groups is 2. The van der Waals surface area contributed by atoms with E-state index in [9.17, 15) is 20.0 Å². The van der Waals surface area contributed by atoms with Crippen molar-refractivity contribution in [3.8, 4) is 6.07 Å². The first kappa shape index (κ1) is 18.2. The summed E-state index contributed by atoms with van der Waals surface area (Å²) in [5.41, 5.74) is 2.18. The van der Waals surface area contributed by atoms with E-state index in [2.05, 4.69) is 18.3 Å². The van der Waals surface area contributed by atoms with Gasteiger partial charge in [0, 0.05) is 11.3 Å². The van der Waals surface area contributed by atoms with Crippen LogP contribution in [0.3, 0.4) is 0 Å². The fourth-order valence-corrected chi connectivity index (χ4v) is 4.73. The number of rotatable bonds is 5. The summed E-state index contributed by atoms with van der Waals surface area (Å²) >= 11 is 1.45. The van der Waals surface area contributed by atoms with Gasteiger partial charge in [-0.15, -0.1) is 11.3 Å². The summed E-state index contributed by atoms with van der Waals surface area (Å²) in [6.45, 7) is 2.18. The van der Waals surface area contributed by atoms with E-state index in [-0.39, 0.29) is 12.3 Å². The van der Waals surface area contributed by atoms with Crippen LogP contribution in [0.15, 0.2) is 30.3 Å². The number of hydrogen-bond acceptors (Lipinski definition) is 4. The van der Waals surface area contributed by atoms with Crippen LogP contribution in [-0.2, 0) is 22.4 Å². The molecule has 0 spiro atoms. The summed E-state index contributed by atoms with van der Waals surface area (Å²) in [6.07, 6.45) is 2.66. The van der Waals surface area contributed by atoms with E-state index in [1.807, 2.05) is 0 Å². The molecule has 1 heterocycles. The van der Waals surface area contributed by atoms with Crippen molar-refractivity contribution in [2.45, 2.75) is 38.5 Å². The summed E-state index contributed by atoms with van der Waals surface area (Å²) in [5, 5.41) is 22.3. The molecule has 0 saturated heterocycles. The highest BCUT2D eigenvalue weighted by atomic mass is 32.1. The number of nitriles is 1. The third-order valence-electron chi connectivity index (χ3n) is 4.77. The molecule has 1 aromatic heterocycles. The monoisotopic (exact) mass is 368 g/mol. The number of thiophene rings is 1. The average molecular weight is 368 g/mol. The van der Waals surface area contributed by atoms with Gasteiger partial charge in [-0.3, -0.25) is 9.59 Å². The molecule has 0 bridgehead atoms. The number of aliphatic carboxylic acids is 1. The number of carboxylic acids is 1. The molecule has 26 heavy (non-hydrogen) atoms. The average Bonchev–Trinajstić information content (AvgIpc) is 2.95. The van der Waals surface area contributed by atoms with Crippen molar-refractivity contribution in [2.24, 2.45) is 5.92 Å². The molecule has 2 atom stereocenters. The van der Waals surface area contributed by atoms with Gasteiger partial charge in [0.05, 0.1) is 11.5 Å². The third kappa shape index (κ3) is 3.78. The minimum atomic E-state index is -1.04. The standard InChI is InChI=1S/C20H20N2O3S/c1-12-7-8-14-16(11-21)19(26-17(14)9-12)22-18(23)10-15(20(24)25)13-5-3-2-4-6-13/h2-6,12,15H,7-10H2,1H3,(H,22,23)(H,24,25)/t12-,15-/m1/s1. The Balaban J connectivity index is 1.78. The maximum atomic E-state index is 12.5. The number of carboxylic acid groups (broad SMARTS) is 1. The largest absolute Gasteiger partial charge is 0.481 e. The van der Waals surface area contributed by atoms with Crippen molar-refractivity contribution >= 4 is 28.2 Å². The molecule has 0 aliphatic heterocycles. The number of nitrogens with zero attached hydrogens (tertiary/aromatic N) is 1. The Morgan fingerprint density at radius 1 is 1.38 bits per heavy atom. The predicted molar refractivity (Wildman–Crippen MR) is 100 cm³/mol. The van der Waals surface area contributed by atoms with Crippen LogP contribution in [0.5, 0.6) is 0 Å². The molecule has 1 aromatic carbocycles. The van der Waals surface area contributed by atoms with E-state index in [4.69, 9.17) is 0 Å². The molecule has 2 aromatic rings. The quantitative estimate of drug-likeness (QED) is 0.836. The number of hydrogen-bond donors (Lipinski definition) is 2. The van der Waals surface area contributed by atoms with Crippen LogP contribution >= 0.6 is 11.3 Å². The van der Waals surface area contributed by atoms with Crippen molar-refractivity contribution < 1.29 is 14.7 Å². The highest BCUT2D eigenvalue weighted by molar-refractivity contribution is 7.16. The Hall–Kier alpha value is -2.65. The van der Waals surface area contributed by atoms with Gasteiger partial charge in [-0.05, 0) is 36.3 Å². The normalized spacial score (nSPS) is 17.0. The molecule has 0 unspecified atom stereocenters. The SMILES string of the molecule is C[C@@H]1CCc2c(sc(NC(=O)C[C@@H](C(=O)O)c3ccccc3)c2C#N)C1. The van der Waals surface area contributed by atoms with Gasteiger partial charge in [0.15, 0.2) is 0 Å². The van der Waals surface area contributed by atoms with E-state index in [1.54, 1.807) is 30.3 Å². The first-order valence-corrected chi connectivity index (χ1v) is 9.43. The molecule has 1 amide bonds. The van der Waals surface area contributed by atoms with E-state index in [0.717, 1.165) is 29.7 Å². The van der Waals surface area contributed by atoms with Crippen LogP contribution in [0.25, 0.3) is 0 Å². The van der Waals surface area contributed by atoms with Crippen molar-refractivity contribution in [1.82, 2.24) is 0 Å². The minimum Gasteiger partial charge on any atom is -0.481 e. The Bertz CT molecular complexity index is 867. The molecule has 6 heteroatoms. The highest BCUT2D eigenvalue weighted by Gasteiger charge is 2.27. The van der Waals surface area contributed by atoms with Gasteiger partial charge in [-0.2, -0.15) is 5.26 Å². The molecule has 1 aliphatic carbocycles. The maximum Gasteiger partial charge on any atom is 0.311 e. The Kier molecular flexibility index (Phi) is 5.38. The Morgan fingerprint density at radius 2 is 2.12 bits per heavy atom. The number of anilines is 1. The van der Waals surface area contributed by atoms with Crippen LogP contribution in [0.4, 0.5) is 5.00 Å². The summed E-state index contributed by atoms with van der Waals surface area (Å²) in [5.74, 6) is -1.75. The van der Waals surface area contributed by atoms with Crippen molar-refractivity contribution in [2.75, 3.05) is 5.32 Å². The second-order valence-corrected chi connectivity index (χ2v) is 7.83. The zero-order chi connectivity index (χ0) is 18.7. The molecule has 134 valence electrons. The van der Waals surface area contributed by atoms with E-state index >= 15 is 0 Å². The van der Waals surface area contributed by atoms with Gasteiger partial charge in [-0.25, -0.2) is 0 Å². The summed E-state index contributed by atoms with van der Waals surface area (Å²) < 4.78 is 0. The second-order valence-electron chi connectivity index (χ2n) is 6.72. The number of carbonyl (C=O) groups excluding carboxylic acids is 1. The lowest BCUT2D eigenvalue weighted by Gasteiger charge is -2.17. The van der Waals surface area contributed by atoms with Gasteiger partial charge < -0.3 is 10.4 Å². The fourth-order valence-electron chi connectivity index (χ4n) is 3.35. The van der Waals surface area contributed by atoms with Crippen molar-refractivity contribution in [1.29, 1.82) is 5.26 Å². The van der Waals surface area contributed by atoms with Gasteiger partial charge in [0.2, 0.25) is 5.91 Å². The van der Waals surface area contributed by atoms with Crippen molar-refractivity contribution in [3.05, 3.63) is 51.9 Å². The van der Waals surface area contributed by atoms with E-state index in [1.165, 1.54) is 11.3 Å². The van der Waals surface area contributed by atoms with Gasteiger partial charge in [0.25, 0.3) is 0 Å². The Labute approximate surface area is 156 Å². The smallest absolute Gasteiger partial charge is 0.311 e. The Morgan fingerprint density at radius 3 is 2.77 bits per heavy atom. The first-order valence-electron chi connectivity index (χ1n) is 8.61. The molecular weight excluding hydrogens is 348 g/mol. The van der Waals surface area contributed by atoms with Crippen LogP contribution in [0.1, 0.15) is 47.3 Å². The topological polar surface area (TPSA) is 90.2 Å². The lowest BCUT2D eigenvalue weighted by molar-refractivity contribution is -0.140. The molecule has 1 aliphatic rings.